The highest BCUT2D eigenvalue weighted by atomic mass is 16.2. The molecule has 3 aliphatic rings. The molecule has 4 heteroatoms. The second-order valence-corrected chi connectivity index (χ2v) is 7.63. The van der Waals surface area contributed by atoms with Crippen LogP contribution in [0.25, 0.3) is 5.57 Å². The SMILES string of the molecule is Cc1ccc(N=C2CC=C3C4C(=CC(=O)N3C)c3ccccc3C(=O)C24)cc1. The van der Waals surface area contributed by atoms with Crippen LogP contribution in [0.15, 0.2) is 71.4 Å². The molecule has 2 aromatic carbocycles. The summed E-state index contributed by atoms with van der Waals surface area (Å²) in [6, 6.07) is 15.6. The summed E-state index contributed by atoms with van der Waals surface area (Å²) in [6.45, 7) is 2.04. The van der Waals surface area contributed by atoms with Gasteiger partial charge in [0.15, 0.2) is 5.78 Å². The van der Waals surface area contributed by atoms with Crippen molar-refractivity contribution in [3.8, 4) is 0 Å². The summed E-state index contributed by atoms with van der Waals surface area (Å²) in [7, 11) is 1.78. The monoisotopic (exact) mass is 368 g/mol. The molecule has 0 bridgehead atoms. The van der Waals surface area contributed by atoms with Gasteiger partial charge in [-0.2, -0.15) is 0 Å². The molecular formula is C24H20N2O2. The Morgan fingerprint density at radius 1 is 0.964 bits per heavy atom. The van der Waals surface area contributed by atoms with Crippen LogP contribution < -0.4 is 0 Å². The highest BCUT2D eigenvalue weighted by molar-refractivity contribution is 6.21. The standard InChI is InChI=1S/C24H20N2O2/c1-14-7-9-15(10-8-14)25-19-11-12-20-22-18(13-21(27)26(20)2)16-5-3-4-6-17(16)24(28)23(19)22/h3-10,12-13,22-23H,11H2,1-2H3. The number of aliphatic imine (C=N–C) groups is 1. The van der Waals surface area contributed by atoms with E-state index in [4.69, 9.17) is 4.99 Å². The number of fused-ring (bicyclic) bond motifs is 2. The first-order valence-corrected chi connectivity index (χ1v) is 9.51. The number of carbonyl (C=O) groups excluding carboxylic acids is 2. The van der Waals surface area contributed by atoms with E-state index in [2.05, 4.69) is 6.08 Å². The van der Waals surface area contributed by atoms with E-state index in [1.165, 1.54) is 5.56 Å². The van der Waals surface area contributed by atoms with Crippen LogP contribution in [-0.4, -0.2) is 29.3 Å². The van der Waals surface area contributed by atoms with Gasteiger partial charge in [-0.05, 0) is 30.2 Å². The van der Waals surface area contributed by atoms with Crippen LogP contribution in [0.2, 0.25) is 0 Å². The van der Waals surface area contributed by atoms with Crippen LogP contribution in [0.3, 0.4) is 0 Å². The van der Waals surface area contributed by atoms with Gasteiger partial charge in [-0.3, -0.25) is 14.6 Å². The molecule has 2 unspecified atom stereocenters. The molecule has 0 radical (unpaired) electrons. The predicted molar refractivity (Wildman–Crippen MR) is 109 cm³/mol. The molecule has 2 aliphatic carbocycles. The van der Waals surface area contributed by atoms with Gasteiger partial charge >= 0.3 is 0 Å². The van der Waals surface area contributed by atoms with Crippen LogP contribution in [0.5, 0.6) is 0 Å². The van der Waals surface area contributed by atoms with Crippen molar-refractivity contribution in [3.63, 3.8) is 0 Å². The molecule has 1 amide bonds. The van der Waals surface area contributed by atoms with Gasteiger partial charge in [-0.15, -0.1) is 0 Å². The van der Waals surface area contributed by atoms with E-state index in [1.54, 1.807) is 18.0 Å². The van der Waals surface area contributed by atoms with Gasteiger partial charge in [0.05, 0.1) is 11.6 Å². The van der Waals surface area contributed by atoms with Crippen molar-refractivity contribution in [2.45, 2.75) is 13.3 Å². The maximum absolute atomic E-state index is 13.5. The minimum absolute atomic E-state index is 0.0423. The molecule has 0 saturated carbocycles. The maximum Gasteiger partial charge on any atom is 0.250 e. The molecule has 138 valence electrons. The van der Waals surface area contributed by atoms with Gasteiger partial charge in [0.2, 0.25) is 0 Å². The highest BCUT2D eigenvalue weighted by Crippen LogP contribution is 2.49. The number of hydrogen-bond donors (Lipinski definition) is 0. The second kappa shape index (κ2) is 6.13. The average Bonchev–Trinajstić information content (AvgIpc) is 2.71. The summed E-state index contributed by atoms with van der Waals surface area (Å²) in [5, 5.41) is 0. The summed E-state index contributed by atoms with van der Waals surface area (Å²) in [5.74, 6) is -0.461. The van der Waals surface area contributed by atoms with E-state index in [-0.39, 0.29) is 23.5 Å². The molecule has 5 rings (SSSR count). The van der Waals surface area contributed by atoms with Crippen LogP contribution in [0, 0.1) is 18.8 Å². The molecular weight excluding hydrogens is 348 g/mol. The van der Waals surface area contributed by atoms with Crippen LogP contribution >= 0.6 is 0 Å². The Morgan fingerprint density at radius 2 is 1.68 bits per heavy atom. The zero-order valence-corrected chi connectivity index (χ0v) is 15.8. The minimum atomic E-state index is -0.363. The van der Waals surface area contributed by atoms with E-state index in [9.17, 15) is 9.59 Å². The second-order valence-electron chi connectivity index (χ2n) is 7.63. The number of aryl methyl sites for hydroxylation is 1. The number of carbonyl (C=O) groups is 2. The number of rotatable bonds is 1. The number of likely N-dealkylation sites (N-methyl/N-ethyl adjacent to an activating group) is 1. The first-order valence-electron chi connectivity index (χ1n) is 9.51. The van der Waals surface area contributed by atoms with Crippen molar-refractivity contribution in [1.82, 2.24) is 4.90 Å². The summed E-state index contributed by atoms with van der Waals surface area (Å²) >= 11 is 0. The molecule has 1 aliphatic heterocycles. The lowest BCUT2D eigenvalue weighted by atomic mass is 9.64. The fourth-order valence-corrected chi connectivity index (χ4v) is 4.52. The Morgan fingerprint density at radius 3 is 2.43 bits per heavy atom. The van der Waals surface area contributed by atoms with Gasteiger partial charge in [0, 0.05) is 42.4 Å². The summed E-state index contributed by atoms with van der Waals surface area (Å²) in [4.78, 5) is 32.6. The lowest BCUT2D eigenvalue weighted by molar-refractivity contribution is -0.123. The molecule has 0 spiro atoms. The average molecular weight is 368 g/mol. The zero-order valence-electron chi connectivity index (χ0n) is 15.8. The van der Waals surface area contributed by atoms with E-state index in [1.807, 2.05) is 55.5 Å². The molecule has 0 fully saturated rings. The smallest absolute Gasteiger partial charge is 0.250 e. The molecule has 2 atom stereocenters. The number of ketones is 1. The third kappa shape index (κ3) is 2.41. The Hall–Kier alpha value is -3.27. The number of Topliss-reactive ketones (excluding diaryl/α,β-unsaturated/α-hetero) is 1. The molecule has 2 aromatic rings. The van der Waals surface area contributed by atoms with Crippen molar-refractivity contribution in [3.05, 3.63) is 83.1 Å². The topological polar surface area (TPSA) is 49.7 Å². The van der Waals surface area contributed by atoms with Crippen molar-refractivity contribution < 1.29 is 9.59 Å². The van der Waals surface area contributed by atoms with E-state index in [0.717, 1.165) is 28.2 Å². The fourth-order valence-electron chi connectivity index (χ4n) is 4.52. The van der Waals surface area contributed by atoms with Gasteiger partial charge in [0.1, 0.15) is 0 Å². The van der Waals surface area contributed by atoms with Crippen molar-refractivity contribution in [2.24, 2.45) is 16.8 Å². The van der Waals surface area contributed by atoms with Crippen LogP contribution in [0.1, 0.15) is 27.9 Å². The van der Waals surface area contributed by atoms with Gasteiger partial charge in [-0.25, -0.2) is 0 Å². The van der Waals surface area contributed by atoms with E-state index in [0.29, 0.717) is 12.0 Å². The Bertz CT molecular complexity index is 1110. The molecule has 0 N–H and O–H groups in total. The van der Waals surface area contributed by atoms with Gasteiger partial charge < -0.3 is 4.90 Å². The normalized spacial score (nSPS) is 24.5. The van der Waals surface area contributed by atoms with Crippen LogP contribution in [-0.2, 0) is 4.79 Å². The maximum atomic E-state index is 13.5. The fraction of sp³-hybridized carbons (Fsp3) is 0.208. The molecule has 28 heavy (non-hydrogen) atoms. The Kier molecular flexibility index (Phi) is 3.69. The summed E-state index contributed by atoms with van der Waals surface area (Å²) < 4.78 is 0. The summed E-state index contributed by atoms with van der Waals surface area (Å²) in [6.07, 6.45) is 4.32. The highest BCUT2D eigenvalue weighted by Gasteiger charge is 2.48. The molecule has 4 nitrogen and oxygen atoms in total. The third-order valence-electron chi connectivity index (χ3n) is 5.96. The quantitative estimate of drug-likeness (QED) is 0.752. The van der Waals surface area contributed by atoms with Gasteiger partial charge in [0.25, 0.3) is 5.91 Å². The molecule has 0 saturated heterocycles. The van der Waals surface area contributed by atoms with Crippen LogP contribution in [0.4, 0.5) is 5.69 Å². The first-order chi connectivity index (χ1) is 13.5. The number of amides is 1. The zero-order chi connectivity index (χ0) is 19.4. The van der Waals surface area contributed by atoms with E-state index < -0.39 is 0 Å². The third-order valence-corrected chi connectivity index (χ3v) is 5.96. The number of nitrogens with zero attached hydrogens (tertiary/aromatic N) is 2. The van der Waals surface area contributed by atoms with Crippen molar-refractivity contribution >= 4 is 28.7 Å². The van der Waals surface area contributed by atoms with Crippen molar-refractivity contribution in [1.29, 1.82) is 0 Å². The molecule has 0 aromatic heterocycles. The van der Waals surface area contributed by atoms with Gasteiger partial charge in [-0.1, -0.05) is 48.0 Å². The van der Waals surface area contributed by atoms with E-state index >= 15 is 0 Å². The largest absolute Gasteiger partial charge is 0.315 e. The Balaban J connectivity index is 1.71. The molecule has 1 heterocycles. The number of hydrogen-bond acceptors (Lipinski definition) is 3. The number of allylic oxidation sites excluding steroid dienone is 2. The van der Waals surface area contributed by atoms with Crippen molar-refractivity contribution in [2.75, 3.05) is 7.05 Å². The first kappa shape index (κ1) is 16.9. The lowest BCUT2D eigenvalue weighted by Crippen LogP contribution is -2.46. The summed E-state index contributed by atoms with van der Waals surface area (Å²) in [5.41, 5.74) is 6.31. The Labute approximate surface area is 163 Å². The lowest BCUT2D eigenvalue weighted by Gasteiger charge is -2.43. The number of benzene rings is 2. The predicted octanol–water partition coefficient (Wildman–Crippen LogP) is 4.34. The minimum Gasteiger partial charge on any atom is -0.315 e.